The fourth-order valence-electron chi connectivity index (χ4n) is 1.79. The van der Waals surface area contributed by atoms with Crippen molar-refractivity contribution in [2.45, 2.75) is 20.8 Å². The summed E-state index contributed by atoms with van der Waals surface area (Å²) >= 11 is 0. The summed E-state index contributed by atoms with van der Waals surface area (Å²) in [5, 5.41) is 0. The molecule has 0 saturated heterocycles. The van der Waals surface area contributed by atoms with Gasteiger partial charge in [-0.2, -0.15) is 0 Å². The number of aromatic nitrogens is 1. The van der Waals surface area contributed by atoms with Crippen LogP contribution in [0.5, 0.6) is 0 Å². The van der Waals surface area contributed by atoms with Crippen molar-refractivity contribution in [3.8, 4) is 0 Å². The minimum atomic E-state index is 0.0983. The highest BCUT2D eigenvalue weighted by Crippen LogP contribution is 2.29. The number of aryl methyl sites for hydroxylation is 1. The van der Waals surface area contributed by atoms with Gasteiger partial charge in [0.05, 0.1) is 5.69 Å². The van der Waals surface area contributed by atoms with E-state index in [-0.39, 0.29) is 5.91 Å². The standard InChI is InChI=1S/C11H13NO/c1-7(2)9-6-11(13)12-8(3)4-5-10(9)12/h4-7H,1-3H3. The first-order valence-electron chi connectivity index (χ1n) is 4.56. The van der Waals surface area contributed by atoms with E-state index in [1.165, 1.54) is 0 Å². The third-order valence-electron chi connectivity index (χ3n) is 2.49. The molecule has 0 unspecified atom stereocenters. The molecule has 2 rings (SSSR count). The molecule has 1 aromatic heterocycles. The average molecular weight is 175 g/mol. The van der Waals surface area contributed by atoms with Gasteiger partial charge in [-0.1, -0.05) is 13.8 Å². The van der Waals surface area contributed by atoms with Crippen molar-refractivity contribution in [3.05, 3.63) is 29.6 Å². The van der Waals surface area contributed by atoms with Gasteiger partial charge in [-0.15, -0.1) is 0 Å². The van der Waals surface area contributed by atoms with E-state index in [2.05, 4.69) is 13.8 Å². The van der Waals surface area contributed by atoms with Crippen LogP contribution in [-0.4, -0.2) is 10.5 Å². The summed E-state index contributed by atoms with van der Waals surface area (Å²) in [4.78, 5) is 11.5. The van der Waals surface area contributed by atoms with Crippen molar-refractivity contribution in [2.24, 2.45) is 5.92 Å². The quantitative estimate of drug-likeness (QED) is 0.642. The number of hydrogen-bond acceptors (Lipinski definition) is 1. The summed E-state index contributed by atoms with van der Waals surface area (Å²) in [6.07, 6.45) is 1.74. The largest absolute Gasteiger partial charge is 0.281 e. The van der Waals surface area contributed by atoms with Crippen LogP contribution in [0.15, 0.2) is 18.2 Å². The number of nitrogens with zero attached hydrogens (tertiary/aromatic N) is 1. The van der Waals surface area contributed by atoms with Gasteiger partial charge in [0.15, 0.2) is 0 Å². The van der Waals surface area contributed by atoms with E-state index in [1.54, 1.807) is 10.6 Å². The maximum Gasteiger partial charge on any atom is 0.255 e. The van der Waals surface area contributed by atoms with Gasteiger partial charge < -0.3 is 0 Å². The number of carbonyl (C=O) groups is 1. The zero-order chi connectivity index (χ0) is 9.59. The number of hydrogen-bond donors (Lipinski definition) is 0. The van der Waals surface area contributed by atoms with Gasteiger partial charge in [-0.3, -0.25) is 9.36 Å². The Morgan fingerprint density at radius 1 is 1.31 bits per heavy atom. The molecule has 0 bridgehead atoms. The van der Waals surface area contributed by atoms with Crippen LogP contribution in [0.4, 0.5) is 0 Å². The Morgan fingerprint density at radius 3 is 2.62 bits per heavy atom. The molecular formula is C11H13NO. The molecule has 1 aliphatic heterocycles. The minimum Gasteiger partial charge on any atom is -0.281 e. The van der Waals surface area contributed by atoms with Gasteiger partial charge in [-0.25, -0.2) is 0 Å². The summed E-state index contributed by atoms with van der Waals surface area (Å²) in [5.74, 6) is 0.515. The first-order chi connectivity index (χ1) is 6.11. The Kier molecular flexibility index (Phi) is 1.65. The summed E-state index contributed by atoms with van der Waals surface area (Å²) in [6, 6.07) is 4.01. The highest BCUT2D eigenvalue weighted by atomic mass is 16.2. The maximum absolute atomic E-state index is 11.5. The summed E-state index contributed by atoms with van der Waals surface area (Å²) in [7, 11) is 0. The van der Waals surface area contributed by atoms with Gasteiger partial charge in [-0.05, 0) is 30.5 Å². The Morgan fingerprint density at radius 2 is 2.00 bits per heavy atom. The molecule has 68 valence electrons. The number of fused-ring (bicyclic) bond motifs is 1. The van der Waals surface area contributed by atoms with Crippen molar-refractivity contribution in [1.82, 2.24) is 4.57 Å². The van der Waals surface area contributed by atoms with Gasteiger partial charge >= 0.3 is 0 Å². The van der Waals surface area contributed by atoms with Crippen LogP contribution in [0.2, 0.25) is 0 Å². The SMILES string of the molecule is Cc1ccc2n1C(=O)C=C2C(C)C. The van der Waals surface area contributed by atoms with E-state index < -0.39 is 0 Å². The van der Waals surface area contributed by atoms with Gasteiger partial charge in [0.25, 0.3) is 5.91 Å². The highest BCUT2D eigenvalue weighted by Gasteiger charge is 2.23. The first-order valence-corrected chi connectivity index (χ1v) is 4.56. The molecule has 2 nitrogen and oxygen atoms in total. The molecule has 0 N–H and O–H groups in total. The van der Waals surface area contributed by atoms with Crippen LogP contribution in [0, 0.1) is 12.8 Å². The molecule has 13 heavy (non-hydrogen) atoms. The van der Waals surface area contributed by atoms with E-state index in [0.29, 0.717) is 5.92 Å². The fraction of sp³-hybridized carbons (Fsp3) is 0.364. The van der Waals surface area contributed by atoms with Crippen molar-refractivity contribution in [3.63, 3.8) is 0 Å². The third-order valence-corrected chi connectivity index (χ3v) is 2.49. The molecule has 0 aliphatic carbocycles. The summed E-state index contributed by atoms with van der Waals surface area (Å²) in [5.41, 5.74) is 3.24. The zero-order valence-corrected chi connectivity index (χ0v) is 8.16. The van der Waals surface area contributed by atoms with Crippen LogP contribution in [0.1, 0.15) is 30.0 Å². The van der Waals surface area contributed by atoms with Gasteiger partial charge in [0.1, 0.15) is 0 Å². The van der Waals surface area contributed by atoms with E-state index in [9.17, 15) is 4.79 Å². The molecule has 2 heterocycles. The second-order valence-corrected chi connectivity index (χ2v) is 3.79. The lowest BCUT2D eigenvalue weighted by atomic mass is 10.0. The molecule has 1 aromatic rings. The fourth-order valence-corrected chi connectivity index (χ4v) is 1.79. The molecule has 0 atom stereocenters. The zero-order valence-electron chi connectivity index (χ0n) is 8.16. The Labute approximate surface area is 77.9 Å². The van der Waals surface area contributed by atoms with E-state index in [0.717, 1.165) is 17.0 Å². The molecule has 0 amide bonds. The number of allylic oxidation sites excluding steroid dienone is 2. The monoisotopic (exact) mass is 175 g/mol. The minimum absolute atomic E-state index is 0.0983. The molecule has 1 aliphatic rings. The van der Waals surface area contributed by atoms with Crippen LogP contribution < -0.4 is 0 Å². The maximum atomic E-state index is 11.5. The number of rotatable bonds is 1. The molecule has 0 aromatic carbocycles. The van der Waals surface area contributed by atoms with E-state index in [1.807, 2.05) is 19.1 Å². The van der Waals surface area contributed by atoms with E-state index in [4.69, 9.17) is 0 Å². The second-order valence-electron chi connectivity index (χ2n) is 3.79. The molecule has 0 saturated carbocycles. The van der Waals surface area contributed by atoms with Gasteiger partial charge in [0.2, 0.25) is 0 Å². The van der Waals surface area contributed by atoms with Crippen LogP contribution >= 0.6 is 0 Å². The normalized spacial score (nSPS) is 15.1. The lowest BCUT2D eigenvalue weighted by Gasteiger charge is -2.05. The lowest BCUT2D eigenvalue weighted by Crippen LogP contribution is -2.05. The summed E-state index contributed by atoms with van der Waals surface area (Å²) < 4.78 is 1.77. The Balaban J connectivity index is 2.59. The molecular weight excluding hydrogens is 162 g/mol. The molecule has 2 heteroatoms. The predicted octanol–water partition coefficient (Wildman–Crippen LogP) is 2.49. The Hall–Kier alpha value is -1.31. The van der Waals surface area contributed by atoms with Crippen molar-refractivity contribution < 1.29 is 4.79 Å². The van der Waals surface area contributed by atoms with E-state index >= 15 is 0 Å². The van der Waals surface area contributed by atoms with Crippen molar-refractivity contribution in [1.29, 1.82) is 0 Å². The van der Waals surface area contributed by atoms with Gasteiger partial charge in [0, 0.05) is 11.8 Å². The second kappa shape index (κ2) is 2.59. The topological polar surface area (TPSA) is 22.0 Å². The Bertz CT molecular complexity index is 396. The molecule has 0 radical (unpaired) electrons. The van der Waals surface area contributed by atoms with Crippen molar-refractivity contribution in [2.75, 3.05) is 0 Å². The molecule has 0 spiro atoms. The van der Waals surface area contributed by atoms with Crippen LogP contribution in [0.3, 0.4) is 0 Å². The lowest BCUT2D eigenvalue weighted by molar-refractivity contribution is 0.0972. The highest BCUT2D eigenvalue weighted by molar-refractivity contribution is 6.04. The third kappa shape index (κ3) is 1.05. The smallest absolute Gasteiger partial charge is 0.255 e. The summed E-state index contributed by atoms with van der Waals surface area (Å²) in [6.45, 7) is 6.17. The molecule has 0 fully saturated rings. The van der Waals surface area contributed by atoms with Crippen LogP contribution in [-0.2, 0) is 0 Å². The predicted molar refractivity (Wildman–Crippen MR) is 52.6 cm³/mol. The number of carbonyl (C=O) groups excluding carboxylic acids is 1. The van der Waals surface area contributed by atoms with Crippen LogP contribution in [0.25, 0.3) is 5.57 Å². The van der Waals surface area contributed by atoms with Crippen molar-refractivity contribution >= 4 is 11.5 Å². The first kappa shape index (κ1) is 8.30. The average Bonchev–Trinajstić information content (AvgIpc) is 2.55.